The third kappa shape index (κ3) is 2.94. The monoisotopic (exact) mass is 379 g/mol. The molecule has 0 saturated heterocycles. The number of hydrogen-bond acceptors (Lipinski definition) is 5. The molecule has 1 N–H and O–H groups in total. The summed E-state index contributed by atoms with van der Waals surface area (Å²) in [4.78, 5) is 23.1. The maximum absolute atomic E-state index is 12.1. The Hall–Kier alpha value is -2.91. The number of carbonyl (C=O) groups excluding carboxylic acids is 1. The van der Waals surface area contributed by atoms with E-state index in [0.717, 1.165) is 22.4 Å². The number of aromatic nitrogens is 2. The van der Waals surface area contributed by atoms with Crippen molar-refractivity contribution in [3.63, 3.8) is 0 Å². The van der Waals surface area contributed by atoms with Crippen LogP contribution in [0.2, 0.25) is 5.02 Å². The van der Waals surface area contributed by atoms with Gasteiger partial charge in [0.05, 0.1) is 22.9 Å². The molecule has 1 aliphatic heterocycles. The number of nitrogens with zero attached hydrogens (tertiary/aromatic N) is 4. The van der Waals surface area contributed by atoms with Crippen LogP contribution in [0, 0.1) is 11.3 Å². The van der Waals surface area contributed by atoms with Gasteiger partial charge in [-0.3, -0.25) is 4.79 Å². The molecule has 2 aromatic rings. The molecule has 0 spiro atoms. The average molecular weight is 380 g/mol. The second-order valence-corrected chi connectivity index (χ2v) is 7.12. The van der Waals surface area contributed by atoms with Gasteiger partial charge >= 0.3 is 0 Å². The zero-order chi connectivity index (χ0) is 19.1. The van der Waals surface area contributed by atoms with Gasteiger partial charge in [-0.25, -0.2) is 9.97 Å². The number of halogens is 1. The van der Waals surface area contributed by atoms with Crippen LogP contribution in [0.3, 0.4) is 0 Å². The van der Waals surface area contributed by atoms with Crippen molar-refractivity contribution in [3.05, 3.63) is 57.0 Å². The molecule has 27 heavy (non-hydrogen) atoms. The topological polar surface area (TPSA) is 81.9 Å². The fourth-order valence-corrected chi connectivity index (χ4v) is 3.83. The van der Waals surface area contributed by atoms with Gasteiger partial charge in [-0.1, -0.05) is 23.7 Å². The van der Waals surface area contributed by atoms with Gasteiger partial charge < -0.3 is 10.2 Å². The normalized spacial score (nSPS) is 14.7. The largest absolute Gasteiger partial charge is 0.370 e. The van der Waals surface area contributed by atoms with Crippen LogP contribution in [0.5, 0.6) is 0 Å². The molecule has 1 aromatic carbocycles. The molecule has 7 heteroatoms. The standard InChI is InChI=1S/C20H18ClN5O/c1-3-23-19-18-11(9-22)4-5-16(18)24-17(25-19)7-12-6-13-10-26(2)20(27)14(13)8-15(12)21/h4,6,8H,3,5,7,10H2,1-2H3,(H,23,24,25). The van der Waals surface area contributed by atoms with E-state index in [1.54, 1.807) is 18.0 Å². The number of rotatable bonds is 4. The van der Waals surface area contributed by atoms with E-state index in [-0.39, 0.29) is 5.91 Å². The zero-order valence-corrected chi connectivity index (χ0v) is 15.9. The summed E-state index contributed by atoms with van der Waals surface area (Å²) in [5.41, 5.74) is 4.81. The highest BCUT2D eigenvalue weighted by molar-refractivity contribution is 6.31. The van der Waals surface area contributed by atoms with Crippen molar-refractivity contribution in [2.75, 3.05) is 18.9 Å². The molecule has 0 saturated carbocycles. The lowest BCUT2D eigenvalue weighted by Crippen LogP contribution is -2.17. The number of nitriles is 1. The highest BCUT2D eigenvalue weighted by atomic mass is 35.5. The van der Waals surface area contributed by atoms with Crippen molar-refractivity contribution in [2.24, 2.45) is 0 Å². The summed E-state index contributed by atoms with van der Waals surface area (Å²) in [5.74, 6) is 1.34. The Bertz CT molecular complexity index is 1040. The highest BCUT2D eigenvalue weighted by Crippen LogP contribution is 2.33. The molecule has 2 heterocycles. The van der Waals surface area contributed by atoms with Crippen LogP contribution in [0.15, 0.2) is 18.2 Å². The van der Waals surface area contributed by atoms with E-state index in [2.05, 4.69) is 21.4 Å². The van der Waals surface area contributed by atoms with Crippen LogP contribution in [-0.4, -0.2) is 34.4 Å². The van der Waals surface area contributed by atoms with E-state index in [4.69, 9.17) is 11.6 Å². The van der Waals surface area contributed by atoms with E-state index in [0.29, 0.717) is 53.7 Å². The van der Waals surface area contributed by atoms with Crippen molar-refractivity contribution >= 4 is 28.9 Å². The van der Waals surface area contributed by atoms with E-state index in [1.165, 1.54) is 0 Å². The first kappa shape index (κ1) is 17.5. The second kappa shape index (κ2) is 6.67. The van der Waals surface area contributed by atoms with E-state index < -0.39 is 0 Å². The lowest BCUT2D eigenvalue weighted by molar-refractivity contribution is 0.0816. The lowest BCUT2D eigenvalue weighted by atomic mass is 10.0. The zero-order valence-electron chi connectivity index (χ0n) is 15.1. The van der Waals surface area contributed by atoms with Gasteiger partial charge in [-0.05, 0) is 24.1 Å². The molecule has 2 aliphatic rings. The Morgan fingerprint density at radius 1 is 1.37 bits per heavy atom. The van der Waals surface area contributed by atoms with Crippen LogP contribution >= 0.6 is 11.6 Å². The smallest absolute Gasteiger partial charge is 0.254 e. The molecule has 0 radical (unpaired) electrons. The number of nitrogens with one attached hydrogen (secondary N) is 1. The van der Waals surface area contributed by atoms with Crippen molar-refractivity contribution in [3.8, 4) is 6.07 Å². The van der Waals surface area contributed by atoms with E-state index in [1.807, 2.05) is 19.1 Å². The minimum Gasteiger partial charge on any atom is -0.370 e. The number of benzene rings is 1. The molecule has 136 valence electrons. The van der Waals surface area contributed by atoms with Crippen molar-refractivity contribution in [1.82, 2.24) is 14.9 Å². The van der Waals surface area contributed by atoms with Gasteiger partial charge in [0.25, 0.3) is 5.91 Å². The molecule has 6 nitrogen and oxygen atoms in total. The van der Waals surface area contributed by atoms with Crippen LogP contribution in [0.1, 0.15) is 45.5 Å². The van der Waals surface area contributed by atoms with Gasteiger partial charge in [-0.15, -0.1) is 0 Å². The molecular weight excluding hydrogens is 362 g/mol. The van der Waals surface area contributed by atoms with Gasteiger partial charge in [0.15, 0.2) is 0 Å². The summed E-state index contributed by atoms with van der Waals surface area (Å²) in [6.07, 6.45) is 2.98. The first-order chi connectivity index (χ1) is 13.0. The summed E-state index contributed by atoms with van der Waals surface area (Å²) in [6.45, 7) is 3.28. The highest BCUT2D eigenvalue weighted by Gasteiger charge is 2.26. The van der Waals surface area contributed by atoms with Crippen LogP contribution in [-0.2, 0) is 19.4 Å². The number of allylic oxidation sites excluding steroid dienone is 2. The Morgan fingerprint density at radius 3 is 2.93 bits per heavy atom. The van der Waals surface area contributed by atoms with Crippen molar-refractivity contribution < 1.29 is 4.79 Å². The van der Waals surface area contributed by atoms with Crippen LogP contribution in [0.25, 0.3) is 5.57 Å². The van der Waals surface area contributed by atoms with Crippen molar-refractivity contribution in [2.45, 2.75) is 26.3 Å². The van der Waals surface area contributed by atoms with E-state index in [9.17, 15) is 10.1 Å². The van der Waals surface area contributed by atoms with Crippen molar-refractivity contribution in [1.29, 1.82) is 5.26 Å². The summed E-state index contributed by atoms with van der Waals surface area (Å²) in [7, 11) is 1.78. The molecular formula is C20H18ClN5O. The number of amides is 1. The maximum Gasteiger partial charge on any atom is 0.254 e. The van der Waals surface area contributed by atoms with Gasteiger partial charge in [0.2, 0.25) is 0 Å². The first-order valence-corrected chi connectivity index (χ1v) is 9.20. The molecule has 0 unspecified atom stereocenters. The molecule has 4 rings (SSSR count). The molecule has 1 aliphatic carbocycles. The minimum absolute atomic E-state index is 0.00299. The molecule has 1 amide bonds. The van der Waals surface area contributed by atoms with E-state index >= 15 is 0 Å². The third-order valence-electron chi connectivity index (χ3n) is 4.87. The second-order valence-electron chi connectivity index (χ2n) is 6.71. The fourth-order valence-electron chi connectivity index (χ4n) is 3.60. The van der Waals surface area contributed by atoms with Gasteiger partial charge in [0, 0.05) is 43.6 Å². The number of anilines is 1. The van der Waals surface area contributed by atoms with Crippen LogP contribution < -0.4 is 5.32 Å². The number of fused-ring (bicyclic) bond motifs is 2. The predicted octanol–water partition coefficient (Wildman–Crippen LogP) is 3.20. The average Bonchev–Trinajstić information content (AvgIpc) is 3.17. The quantitative estimate of drug-likeness (QED) is 0.882. The molecule has 1 aromatic heterocycles. The Balaban J connectivity index is 1.71. The first-order valence-electron chi connectivity index (χ1n) is 8.82. The summed E-state index contributed by atoms with van der Waals surface area (Å²) in [6, 6.07) is 5.93. The number of hydrogen-bond donors (Lipinski definition) is 1. The third-order valence-corrected chi connectivity index (χ3v) is 5.22. The predicted molar refractivity (Wildman–Crippen MR) is 104 cm³/mol. The Labute approximate surface area is 162 Å². The number of carbonyl (C=O) groups is 1. The summed E-state index contributed by atoms with van der Waals surface area (Å²) >= 11 is 6.44. The summed E-state index contributed by atoms with van der Waals surface area (Å²) < 4.78 is 0. The Morgan fingerprint density at radius 2 is 2.19 bits per heavy atom. The fraction of sp³-hybridized carbons (Fsp3) is 0.300. The molecule has 0 bridgehead atoms. The molecule has 0 atom stereocenters. The minimum atomic E-state index is -0.00299. The van der Waals surface area contributed by atoms with Gasteiger partial charge in [0.1, 0.15) is 11.6 Å². The lowest BCUT2D eigenvalue weighted by Gasteiger charge is -2.12. The van der Waals surface area contributed by atoms with Crippen LogP contribution in [0.4, 0.5) is 5.82 Å². The SMILES string of the molecule is CCNc1nc(Cc2cc3c(cc2Cl)C(=O)N(C)C3)nc2c1C(C#N)=CC2. The Kier molecular flexibility index (Phi) is 4.33. The van der Waals surface area contributed by atoms with Gasteiger partial charge in [-0.2, -0.15) is 5.26 Å². The molecule has 0 fully saturated rings. The maximum atomic E-state index is 12.1. The summed E-state index contributed by atoms with van der Waals surface area (Å²) in [5, 5.41) is 13.1.